The molecule has 132 valence electrons. The van der Waals surface area contributed by atoms with Gasteiger partial charge in [0.25, 0.3) is 5.91 Å². The topological polar surface area (TPSA) is 90.0 Å². The van der Waals surface area contributed by atoms with Crippen molar-refractivity contribution in [3.63, 3.8) is 0 Å². The monoisotopic (exact) mass is 355 g/mol. The van der Waals surface area contributed by atoms with Crippen LogP contribution in [-0.4, -0.2) is 63.0 Å². The Labute approximate surface area is 141 Å². The number of carbonyl (C=O) groups is 2. The Kier molecular flexibility index (Phi) is 5.48. The summed E-state index contributed by atoms with van der Waals surface area (Å²) in [6.07, 6.45) is -0.312. The fourth-order valence-corrected chi connectivity index (χ4v) is 4.36. The highest BCUT2D eigenvalue weighted by atomic mass is 32.2. The van der Waals surface area contributed by atoms with Gasteiger partial charge in [-0.15, -0.1) is 0 Å². The maximum absolute atomic E-state index is 12.4. The maximum atomic E-state index is 12.4. The molecule has 1 fully saturated rings. The Morgan fingerprint density at radius 1 is 1.25 bits per heavy atom. The summed E-state index contributed by atoms with van der Waals surface area (Å²) in [5.41, 5.74) is 0.386. The first-order valence-electron chi connectivity index (χ1n) is 7.55. The van der Waals surface area contributed by atoms with Gasteiger partial charge in [-0.3, -0.25) is 4.79 Å². The predicted octanol–water partition coefficient (Wildman–Crippen LogP) is 0.886. The number of ether oxygens (including phenoxy) is 2. The normalized spacial score (nSPS) is 20.2. The number of likely N-dealkylation sites (N-methyl/N-ethyl adjacent to an activating group) is 1. The fourth-order valence-electron chi connectivity index (χ4n) is 2.59. The van der Waals surface area contributed by atoms with Crippen LogP contribution < -0.4 is 4.74 Å². The summed E-state index contributed by atoms with van der Waals surface area (Å²) >= 11 is 0. The minimum atomic E-state index is -3.05. The van der Waals surface area contributed by atoms with Gasteiger partial charge in [0.05, 0.1) is 24.2 Å². The predicted molar refractivity (Wildman–Crippen MR) is 87.7 cm³/mol. The molecular formula is C16H21NO6S. The molecule has 0 bridgehead atoms. The van der Waals surface area contributed by atoms with Gasteiger partial charge < -0.3 is 14.4 Å². The first-order valence-corrected chi connectivity index (χ1v) is 9.38. The first-order chi connectivity index (χ1) is 11.2. The highest BCUT2D eigenvalue weighted by Crippen LogP contribution is 2.19. The fraction of sp³-hybridized carbons (Fsp3) is 0.500. The highest BCUT2D eigenvalue weighted by Gasteiger charge is 2.34. The van der Waals surface area contributed by atoms with Crippen LogP contribution in [0.5, 0.6) is 5.75 Å². The molecule has 0 unspecified atom stereocenters. The van der Waals surface area contributed by atoms with Crippen LogP contribution in [0.15, 0.2) is 24.3 Å². The third-order valence-corrected chi connectivity index (χ3v) is 5.79. The number of methoxy groups -OCH3 is 1. The van der Waals surface area contributed by atoms with Crippen LogP contribution in [0.3, 0.4) is 0 Å². The van der Waals surface area contributed by atoms with E-state index in [0.717, 1.165) is 0 Å². The van der Waals surface area contributed by atoms with Gasteiger partial charge >= 0.3 is 5.97 Å². The summed E-state index contributed by atoms with van der Waals surface area (Å²) in [7, 11) is -0.163. The van der Waals surface area contributed by atoms with Crippen molar-refractivity contribution in [1.29, 1.82) is 0 Å². The largest absolute Gasteiger partial charge is 0.481 e. The molecule has 0 spiro atoms. The van der Waals surface area contributed by atoms with E-state index in [1.54, 1.807) is 38.2 Å². The van der Waals surface area contributed by atoms with Crippen molar-refractivity contribution in [3.8, 4) is 5.75 Å². The molecule has 1 aromatic carbocycles. The lowest BCUT2D eigenvalue weighted by Gasteiger charge is -2.26. The minimum absolute atomic E-state index is 0.00418. The molecule has 2 rings (SSSR count). The molecule has 0 radical (unpaired) electrons. The number of rotatable bonds is 5. The molecule has 1 heterocycles. The zero-order valence-electron chi connectivity index (χ0n) is 13.9. The third-order valence-electron chi connectivity index (χ3n) is 4.04. The van der Waals surface area contributed by atoms with Gasteiger partial charge in [0.2, 0.25) is 0 Å². The van der Waals surface area contributed by atoms with Crippen LogP contribution in [0.1, 0.15) is 23.7 Å². The summed E-state index contributed by atoms with van der Waals surface area (Å²) in [6.45, 7) is 1.61. The summed E-state index contributed by atoms with van der Waals surface area (Å²) in [5, 5.41) is 0. The summed E-state index contributed by atoms with van der Waals surface area (Å²) < 4.78 is 33.3. The standard InChI is InChI=1S/C16H21NO6S/c1-11(15(18)17(2)13-8-9-24(20,21)10-13)23-14-6-4-12(5-7-14)16(19)22-3/h4-7,11,13H,8-10H2,1-3H3/t11-,13+/m0/s1. The van der Waals surface area contributed by atoms with Crippen molar-refractivity contribution >= 4 is 21.7 Å². The van der Waals surface area contributed by atoms with E-state index in [4.69, 9.17) is 4.74 Å². The van der Waals surface area contributed by atoms with E-state index in [1.807, 2.05) is 0 Å². The van der Waals surface area contributed by atoms with E-state index in [9.17, 15) is 18.0 Å². The van der Waals surface area contributed by atoms with Gasteiger partial charge in [-0.1, -0.05) is 0 Å². The lowest BCUT2D eigenvalue weighted by molar-refractivity contribution is -0.138. The Bertz CT molecular complexity index is 713. The average molecular weight is 355 g/mol. The van der Waals surface area contributed by atoms with Crippen LogP contribution in [0.25, 0.3) is 0 Å². The maximum Gasteiger partial charge on any atom is 0.337 e. The van der Waals surface area contributed by atoms with E-state index in [1.165, 1.54) is 12.0 Å². The summed E-state index contributed by atoms with van der Waals surface area (Å²) in [5.74, 6) is -0.187. The van der Waals surface area contributed by atoms with E-state index < -0.39 is 21.9 Å². The number of amides is 1. The van der Waals surface area contributed by atoms with E-state index in [2.05, 4.69) is 4.74 Å². The molecule has 2 atom stereocenters. The molecule has 24 heavy (non-hydrogen) atoms. The van der Waals surface area contributed by atoms with Gasteiger partial charge in [-0.2, -0.15) is 0 Å². The zero-order chi connectivity index (χ0) is 17.9. The second kappa shape index (κ2) is 7.21. The number of nitrogens with zero attached hydrogens (tertiary/aromatic N) is 1. The molecule has 1 aliphatic rings. The molecule has 1 aromatic rings. The van der Waals surface area contributed by atoms with Gasteiger partial charge in [-0.25, -0.2) is 13.2 Å². The van der Waals surface area contributed by atoms with Crippen LogP contribution in [-0.2, 0) is 19.4 Å². The van der Waals surface area contributed by atoms with Crippen molar-refractivity contribution in [1.82, 2.24) is 4.90 Å². The van der Waals surface area contributed by atoms with Crippen molar-refractivity contribution in [2.24, 2.45) is 0 Å². The molecule has 1 aliphatic heterocycles. The first kappa shape index (κ1) is 18.3. The summed E-state index contributed by atoms with van der Waals surface area (Å²) in [6, 6.07) is 5.94. The Balaban J connectivity index is 1.97. The molecule has 1 saturated heterocycles. The highest BCUT2D eigenvalue weighted by molar-refractivity contribution is 7.91. The lowest BCUT2D eigenvalue weighted by atomic mass is 10.2. The van der Waals surface area contributed by atoms with Gasteiger partial charge in [0.15, 0.2) is 15.9 Å². The number of benzene rings is 1. The van der Waals surface area contributed by atoms with Crippen LogP contribution in [0.4, 0.5) is 0 Å². The van der Waals surface area contributed by atoms with Crippen LogP contribution >= 0.6 is 0 Å². The third kappa shape index (κ3) is 4.25. The lowest BCUT2D eigenvalue weighted by Crippen LogP contribution is -2.44. The van der Waals surface area contributed by atoms with Gasteiger partial charge in [0.1, 0.15) is 5.75 Å². The SMILES string of the molecule is COC(=O)c1ccc(O[C@@H](C)C(=O)N(C)[C@@H]2CCS(=O)(=O)C2)cc1. The zero-order valence-corrected chi connectivity index (χ0v) is 14.7. The van der Waals surface area contributed by atoms with E-state index >= 15 is 0 Å². The van der Waals surface area contributed by atoms with Crippen molar-refractivity contribution in [2.75, 3.05) is 25.7 Å². The average Bonchev–Trinajstić information content (AvgIpc) is 2.93. The van der Waals surface area contributed by atoms with Crippen molar-refractivity contribution < 1.29 is 27.5 Å². The molecule has 0 saturated carbocycles. The molecule has 0 N–H and O–H groups in total. The molecule has 7 nitrogen and oxygen atoms in total. The Hall–Kier alpha value is -2.09. The quantitative estimate of drug-likeness (QED) is 0.729. The number of sulfone groups is 1. The Morgan fingerprint density at radius 2 is 1.88 bits per heavy atom. The van der Waals surface area contributed by atoms with Crippen LogP contribution in [0, 0.1) is 0 Å². The molecule has 0 aromatic heterocycles. The second-order valence-electron chi connectivity index (χ2n) is 5.78. The molecule has 1 amide bonds. The van der Waals surface area contributed by atoms with Crippen LogP contribution in [0.2, 0.25) is 0 Å². The Morgan fingerprint density at radius 3 is 2.38 bits per heavy atom. The van der Waals surface area contributed by atoms with Crippen molar-refractivity contribution in [3.05, 3.63) is 29.8 Å². The van der Waals surface area contributed by atoms with Gasteiger partial charge in [0, 0.05) is 13.1 Å². The number of esters is 1. The molecular weight excluding hydrogens is 334 g/mol. The summed E-state index contributed by atoms with van der Waals surface area (Å²) in [4.78, 5) is 25.2. The van der Waals surface area contributed by atoms with Gasteiger partial charge in [-0.05, 0) is 37.6 Å². The number of carbonyl (C=O) groups excluding carboxylic acids is 2. The van der Waals surface area contributed by atoms with Crippen molar-refractivity contribution in [2.45, 2.75) is 25.5 Å². The molecule has 8 heteroatoms. The second-order valence-corrected chi connectivity index (χ2v) is 8.01. The number of hydrogen-bond acceptors (Lipinski definition) is 6. The van der Waals surface area contributed by atoms with E-state index in [-0.39, 0.29) is 23.5 Å². The minimum Gasteiger partial charge on any atom is -0.481 e. The number of hydrogen-bond donors (Lipinski definition) is 0. The molecule has 0 aliphatic carbocycles. The smallest absolute Gasteiger partial charge is 0.337 e. The van der Waals surface area contributed by atoms with E-state index in [0.29, 0.717) is 17.7 Å².